The Balaban J connectivity index is 1.91. The van der Waals surface area contributed by atoms with E-state index in [0.717, 1.165) is 12.1 Å². The first-order chi connectivity index (χ1) is 14.3. The van der Waals surface area contributed by atoms with Crippen molar-refractivity contribution in [3.05, 3.63) is 53.6 Å². The predicted molar refractivity (Wildman–Crippen MR) is 116 cm³/mol. The predicted octanol–water partition coefficient (Wildman–Crippen LogP) is 3.60. The van der Waals surface area contributed by atoms with Crippen LogP contribution in [0.15, 0.2) is 36.4 Å². The number of hydrogen-bond acceptors (Lipinski definition) is 5. The normalized spacial score (nSPS) is 17.6. The smallest absolute Gasteiger partial charge is 0.487 e. The number of sulfonamides is 1. The molecule has 6 nitrogen and oxygen atoms in total. The van der Waals surface area contributed by atoms with E-state index in [1.807, 2.05) is 27.7 Å². The maximum Gasteiger partial charge on any atom is 0.494 e. The van der Waals surface area contributed by atoms with Crippen LogP contribution >= 0.6 is 0 Å². The lowest BCUT2D eigenvalue weighted by molar-refractivity contribution is 0.00578. The molecule has 1 fully saturated rings. The van der Waals surface area contributed by atoms with Crippen molar-refractivity contribution >= 4 is 28.3 Å². The highest BCUT2D eigenvalue weighted by molar-refractivity contribution is 7.92. The van der Waals surface area contributed by atoms with Crippen molar-refractivity contribution < 1.29 is 31.2 Å². The molecular weight excluding hydrogens is 427 g/mol. The maximum absolute atomic E-state index is 13.5. The van der Waals surface area contributed by atoms with E-state index in [2.05, 4.69) is 4.72 Å². The molecule has 1 aliphatic rings. The van der Waals surface area contributed by atoms with Crippen molar-refractivity contribution in [1.82, 2.24) is 0 Å². The molecule has 0 saturated carbocycles. The fraction of sp³-hybridized carbons (Fsp3) is 0.429. The van der Waals surface area contributed by atoms with Crippen molar-refractivity contribution in [3.8, 4) is 5.75 Å². The zero-order chi connectivity index (χ0) is 23.0. The number of ether oxygens (including phenoxy) is 1. The Morgan fingerprint density at radius 3 is 2.23 bits per heavy atom. The van der Waals surface area contributed by atoms with Gasteiger partial charge in [-0.2, -0.15) is 0 Å². The van der Waals surface area contributed by atoms with E-state index in [4.69, 9.17) is 14.0 Å². The van der Waals surface area contributed by atoms with Gasteiger partial charge in [-0.1, -0.05) is 12.1 Å². The molecule has 0 atom stereocenters. The molecule has 0 aliphatic carbocycles. The van der Waals surface area contributed by atoms with Gasteiger partial charge in [0.2, 0.25) is 10.0 Å². The Morgan fingerprint density at radius 2 is 1.65 bits per heavy atom. The average Bonchev–Trinajstić information content (AvgIpc) is 2.90. The summed E-state index contributed by atoms with van der Waals surface area (Å²) in [6, 6.07) is 8.31. The third-order valence-corrected chi connectivity index (χ3v) is 6.85. The standard InChI is InChI=1S/C21H26BF2NO5S/c1-6-31(26,27)25-18-10-8-15(22-29-20(2,3)21(4,5)30-22)12-19(18)28-13-14-7-9-16(23)17(24)11-14/h7-12,25H,6,13H2,1-5H3. The Morgan fingerprint density at radius 1 is 1.00 bits per heavy atom. The fourth-order valence-electron chi connectivity index (χ4n) is 2.90. The van der Waals surface area contributed by atoms with E-state index in [1.54, 1.807) is 18.2 Å². The molecule has 0 unspecified atom stereocenters. The highest BCUT2D eigenvalue weighted by Gasteiger charge is 2.51. The Bertz CT molecular complexity index is 1060. The second-order valence-electron chi connectivity index (χ2n) is 8.39. The van der Waals surface area contributed by atoms with E-state index in [-0.39, 0.29) is 23.8 Å². The number of hydrogen-bond donors (Lipinski definition) is 1. The van der Waals surface area contributed by atoms with Crippen molar-refractivity contribution in [2.45, 2.75) is 52.4 Å². The van der Waals surface area contributed by atoms with E-state index >= 15 is 0 Å². The first kappa shape index (κ1) is 23.5. The summed E-state index contributed by atoms with van der Waals surface area (Å²) >= 11 is 0. The number of nitrogens with one attached hydrogen (secondary N) is 1. The van der Waals surface area contributed by atoms with Crippen molar-refractivity contribution in [1.29, 1.82) is 0 Å². The highest BCUT2D eigenvalue weighted by atomic mass is 32.2. The molecule has 10 heteroatoms. The molecule has 0 bridgehead atoms. The molecule has 1 N–H and O–H groups in total. The average molecular weight is 453 g/mol. The van der Waals surface area contributed by atoms with Gasteiger partial charge in [-0.05, 0) is 69.9 Å². The van der Waals surface area contributed by atoms with Gasteiger partial charge in [0.05, 0.1) is 22.6 Å². The second kappa shape index (κ2) is 8.40. The summed E-state index contributed by atoms with van der Waals surface area (Å²) in [6.07, 6.45) is 0. The third kappa shape index (κ3) is 5.19. The summed E-state index contributed by atoms with van der Waals surface area (Å²) in [7, 11) is -4.24. The minimum absolute atomic E-state index is 0.0924. The molecular formula is C21H26BF2NO5S. The molecule has 2 aromatic rings. The summed E-state index contributed by atoms with van der Waals surface area (Å²) in [5, 5.41) is 0. The van der Waals surface area contributed by atoms with Gasteiger partial charge < -0.3 is 14.0 Å². The first-order valence-electron chi connectivity index (χ1n) is 9.90. The maximum atomic E-state index is 13.5. The van der Waals surface area contributed by atoms with E-state index in [9.17, 15) is 17.2 Å². The molecule has 1 heterocycles. The second-order valence-corrected chi connectivity index (χ2v) is 10.4. The van der Waals surface area contributed by atoms with Crippen LogP contribution in [0.25, 0.3) is 0 Å². The molecule has 2 aromatic carbocycles. The fourth-order valence-corrected chi connectivity index (χ4v) is 3.55. The number of anilines is 1. The van der Waals surface area contributed by atoms with Gasteiger partial charge in [0.15, 0.2) is 11.6 Å². The molecule has 0 spiro atoms. The van der Waals surface area contributed by atoms with Crippen molar-refractivity contribution in [3.63, 3.8) is 0 Å². The third-order valence-electron chi connectivity index (χ3n) is 5.55. The van der Waals surface area contributed by atoms with Crippen LogP contribution < -0.4 is 14.9 Å². The quantitative estimate of drug-likeness (QED) is 0.649. The van der Waals surface area contributed by atoms with Gasteiger partial charge in [0.1, 0.15) is 12.4 Å². The minimum atomic E-state index is -3.56. The molecule has 0 aromatic heterocycles. The molecule has 1 aliphatic heterocycles. The number of halogens is 2. The van der Waals surface area contributed by atoms with Crippen LogP contribution in [0.4, 0.5) is 14.5 Å². The van der Waals surface area contributed by atoms with Gasteiger partial charge in [0.25, 0.3) is 0 Å². The van der Waals surface area contributed by atoms with Crippen LogP contribution in [0.5, 0.6) is 5.75 Å². The van der Waals surface area contributed by atoms with Gasteiger partial charge in [-0.3, -0.25) is 4.72 Å². The lowest BCUT2D eigenvalue weighted by Gasteiger charge is -2.32. The zero-order valence-electron chi connectivity index (χ0n) is 18.2. The molecule has 3 rings (SSSR count). The van der Waals surface area contributed by atoms with E-state index < -0.39 is 40.0 Å². The molecule has 168 valence electrons. The van der Waals surface area contributed by atoms with Crippen molar-refractivity contribution in [2.24, 2.45) is 0 Å². The van der Waals surface area contributed by atoms with Gasteiger partial charge in [-0.25, -0.2) is 17.2 Å². The van der Waals surface area contributed by atoms with Gasteiger partial charge in [0, 0.05) is 0 Å². The van der Waals surface area contributed by atoms with Gasteiger partial charge >= 0.3 is 7.12 Å². The van der Waals surface area contributed by atoms with Crippen LogP contribution in [-0.2, 0) is 25.9 Å². The highest BCUT2D eigenvalue weighted by Crippen LogP contribution is 2.37. The van der Waals surface area contributed by atoms with Crippen LogP contribution in [0.1, 0.15) is 40.2 Å². The molecule has 0 radical (unpaired) electrons. The summed E-state index contributed by atoms with van der Waals surface area (Å²) in [5.74, 6) is -1.84. The lowest BCUT2D eigenvalue weighted by Crippen LogP contribution is -2.41. The number of benzene rings is 2. The summed E-state index contributed by atoms with van der Waals surface area (Å²) < 4.78 is 71.2. The monoisotopic (exact) mass is 453 g/mol. The van der Waals surface area contributed by atoms with Crippen LogP contribution in [0.2, 0.25) is 0 Å². The first-order valence-corrected chi connectivity index (χ1v) is 11.6. The van der Waals surface area contributed by atoms with E-state index in [1.165, 1.54) is 13.0 Å². The zero-order valence-corrected chi connectivity index (χ0v) is 19.0. The SMILES string of the molecule is CCS(=O)(=O)Nc1ccc(B2OC(C)(C)C(C)(C)O2)cc1OCc1ccc(F)c(F)c1. The molecule has 31 heavy (non-hydrogen) atoms. The summed E-state index contributed by atoms with van der Waals surface area (Å²) in [6.45, 7) is 9.14. The van der Waals surface area contributed by atoms with Crippen LogP contribution in [-0.4, -0.2) is 32.5 Å². The summed E-state index contributed by atoms with van der Waals surface area (Å²) in [4.78, 5) is 0. The number of rotatable bonds is 7. The summed E-state index contributed by atoms with van der Waals surface area (Å²) in [5.41, 5.74) is 0.159. The Labute approximate surface area is 182 Å². The minimum Gasteiger partial charge on any atom is -0.487 e. The van der Waals surface area contributed by atoms with Gasteiger partial charge in [-0.15, -0.1) is 0 Å². The molecule has 0 amide bonds. The van der Waals surface area contributed by atoms with Crippen molar-refractivity contribution in [2.75, 3.05) is 10.5 Å². The Kier molecular flexibility index (Phi) is 6.37. The van der Waals surface area contributed by atoms with Crippen LogP contribution in [0, 0.1) is 11.6 Å². The largest absolute Gasteiger partial charge is 0.494 e. The lowest BCUT2D eigenvalue weighted by atomic mass is 9.79. The topological polar surface area (TPSA) is 73.9 Å². The molecule has 1 saturated heterocycles. The van der Waals surface area contributed by atoms with Crippen LogP contribution in [0.3, 0.4) is 0 Å². The van der Waals surface area contributed by atoms with E-state index in [0.29, 0.717) is 11.0 Å². The Hall–Kier alpha value is -2.17.